The maximum atomic E-state index is 13.6. The number of likely N-dealkylation sites (tertiary alicyclic amines) is 1. The lowest BCUT2D eigenvalue weighted by molar-refractivity contribution is 0.0600. The minimum absolute atomic E-state index is 0.00377. The molecule has 33 heavy (non-hydrogen) atoms. The largest absolute Gasteiger partial charge is 0.465 e. The van der Waals surface area contributed by atoms with Crippen LogP contribution in [-0.2, 0) is 11.3 Å². The number of anilines is 2. The molecule has 2 aliphatic heterocycles. The summed E-state index contributed by atoms with van der Waals surface area (Å²) in [5, 5.41) is 0. The van der Waals surface area contributed by atoms with Gasteiger partial charge >= 0.3 is 12.0 Å². The summed E-state index contributed by atoms with van der Waals surface area (Å²) in [4.78, 5) is 38.2. The Morgan fingerprint density at radius 1 is 1.00 bits per heavy atom. The third-order valence-electron chi connectivity index (χ3n) is 6.43. The molecule has 2 saturated heterocycles. The monoisotopic (exact) mass is 451 g/mol. The number of piperidine rings is 1. The number of hydrogen-bond acceptors (Lipinski definition) is 6. The Morgan fingerprint density at radius 2 is 1.76 bits per heavy atom. The minimum Gasteiger partial charge on any atom is -0.465 e. The minimum atomic E-state index is -0.421. The molecular formula is C25H33N5O3. The number of benzene rings is 1. The lowest BCUT2D eigenvalue weighted by Gasteiger charge is -2.35. The van der Waals surface area contributed by atoms with Gasteiger partial charge in [0, 0.05) is 56.8 Å². The maximum absolute atomic E-state index is 13.6. The second kappa shape index (κ2) is 10.7. The van der Waals surface area contributed by atoms with Crippen LogP contribution in [0, 0.1) is 0 Å². The number of carbonyl (C=O) groups is 2. The Kier molecular flexibility index (Phi) is 7.44. The molecule has 3 heterocycles. The van der Waals surface area contributed by atoms with Crippen LogP contribution >= 0.6 is 0 Å². The van der Waals surface area contributed by atoms with E-state index in [2.05, 4.69) is 34.0 Å². The van der Waals surface area contributed by atoms with Crippen molar-refractivity contribution in [1.29, 1.82) is 0 Å². The number of piperazine rings is 1. The van der Waals surface area contributed by atoms with Crippen molar-refractivity contribution < 1.29 is 14.3 Å². The molecule has 8 heteroatoms. The molecule has 4 rings (SSSR count). The Balaban J connectivity index is 1.59. The first-order valence-corrected chi connectivity index (χ1v) is 11.7. The van der Waals surface area contributed by atoms with Crippen molar-refractivity contribution in [2.75, 3.05) is 63.2 Å². The van der Waals surface area contributed by atoms with E-state index in [1.165, 1.54) is 19.7 Å². The number of ether oxygens (including phenoxy) is 1. The smallest absolute Gasteiger partial charge is 0.339 e. The fraction of sp³-hybridized carbons (Fsp3) is 0.480. The van der Waals surface area contributed by atoms with Gasteiger partial charge in [0.15, 0.2) is 0 Å². The lowest BCUT2D eigenvalue weighted by atomic mass is 10.1. The van der Waals surface area contributed by atoms with Gasteiger partial charge in [-0.05, 0) is 56.6 Å². The number of pyridine rings is 1. The number of rotatable bonds is 5. The Morgan fingerprint density at radius 3 is 2.42 bits per heavy atom. The molecule has 2 fully saturated rings. The highest BCUT2D eigenvalue weighted by Crippen LogP contribution is 2.26. The number of aromatic nitrogens is 1. The van der Waals surface area contributed by atoms with E-state index in [0.29, 0.717) is 12.1 Å². The Hall–Kier alpha value is -3.13. The van der Waals surface area contributed by atoms with Gasteiger partial charge < -0.3 is 19.4 Å². The van der Waals surface area contributed by atoms with E-state index < -0.39 is 5.97 Å². The SMILES string of the molecule is COC(=O)c1ccc(CN(C(=O)N2CCCCC2)c2cccc(N3CCN(C)CC3)c2)nc1. The molecule has 2 aromatic rings. The van der Waals surface area contributed by atoms with Crippen LogP contribution in [0.1, 0.15) is 35.3 Å². The molecule has 0 N–H and O–H groups in total. The van der Waals surface area contributed by atoms with Crippen LogP contribution in [0.2, 0.25) is 0 Å². The molecule has 2 aliphatic rings. The predicted molar refractivity (Wildman–Crippen MR) is 129 cm³/mol. The van der Waals surface area contributed by atoms with Gasteiger partial charge in [-0.15, -0.1) is 0 Å². The third kappa shape index (κ3) is 5.63. The van der Waals surface area contributed by atoms with Crippen molar-refractivity contribution >= 4 is 23.4 Å². The molecule has 0 atom stereocenters. The van der Waals surface area contributed by atoms with Gasteiger partial charge in [0.05, 0.1) is 24.9 Å². The molecule has 0 unspecified atom stereocenters. The molecule has 1 aromatic heterocycles. The highest BCUT2D eigenvalue weighted by atomic mass is 16.5. The molecular weight excluding hydrogens is 418 g/mol. The summed E-state index contributed by atoms with van der Waals surface area (Å²) in [6.45, 7) is 5.88. The van der Waals surface area contributed by atoms with E-state index in [-0.39, 0.29) is 6.03 Å². The van der Waals surface area contributed by atoms with Crippen molar-refractivity contribution in [2.24, 2.45) is 0 Å². The topological polar surface area (TPSA) is 69.2 Å². The molecule has 0 saturated carbocycles. The average Bonchev–Trinajstić information content (AvgIpc) is 2.88. The Labute approximate surface area is 195 Å². The molecule has 2 amide bonds. The summed E-state index contributed by atoms with van der Waals surface area (Å²) in [7, 11) is 3.49. The van der Waals surface area contributed by atoms with Crippen LogP contribution in [0.4, 0.5) is 16.2 Å². The van der Waals surface area contributed by atoms with Crippen LogP contribution in [0.3, 0.4) is 0 Å². The number of methoxy groups -OCH3 is 1. The van der Waals surface area contributed by atoms with E-state index in [0.717, 1.165) is 69.2 Å². The first kappa shape index (κ1) is 23.0. The summed E-state index contributed by atoms with van der Waals surface area (Å²) in [5.41, 5.74) is 3.11. The first-order valence-electron chi connectivity index (χ1n) is 11.7. The average molecular weight is 452 g/mol. The lowest BCUT2D eigenvalue weighted by Crippen LogP contribution is -2.46. The molecule has 0 spiro atoms. The molecule has 1 aromatic carbocycles. The number of urea groups is 1. The van der Waals surface area contributed by atoms with Crippen LogP contribution < -0.4 is 9.80 Å². The predicted octanol–water partition coefficient (Wildman–Crippen LogP) is 3.23. The van der Waals surface area contributed by atoms with Crippen molar-refractivity contribution in [2.45, 2.75) is 25.8 Å². The quantitative estimate of drug-likeness (QED) is 0.650. The first-order chi connectivity index (χ1) is 16.0. The van der Waals surface area contributed by atoms with Crippen LogP contribution in [0.5, 0.6) is 0 Å². The molecule has 0 bridgehead atoms. The summed E-state index contributed by atoms with van der Waals surface area (Å²) < 4.78 is 4.76. The number of amides is 2. The van der Waals surface area contributed by atoms with Crippen LogP contribution in [0.25, 0.3) is 0 Å². The van der Waals surface area contributed by atoms with Crippen LogP contribution in [-0.4, -0.2) is 80.2 Å². The number of hydrogen-bond donors (Lipinski definition) is 0. The van der Waals surface area contributed by atoms with Gasteiger partial charge in [-0.2, -0.15) is 0 Å². The van der Waals surface area contributed by atoms with E-state index >= 15 is 0 Å². The third-order valence-corrected chi connectivity index (χ3v) is 6.43. The van der Waals surface area contributed by atoms with E-state index in [9.17, 15) is 9.59 Å². The summed E-state index contributed by atoms with van der Waals surface area (Å²) in [6.07, 6.45) is 4.74. The Bertz CT molecular complexity index is 951. The standard InChI is InChI=1S/C25H33N5O3/c1-27-13-15-28(16-14-27)22-7-6-8-23(17-22)30(25(32)29-11-4-3-5-12-29)19-21-10-9-20(18-26-21)24(31)33-2/h6-10,17-18H,3-5,11-16,19H2,1-2H3. The van der Waals surface area contributed by atoms with Gasteiger partial charge in [0.25, 0.3) is 0 Å². The van der Waals surface area contributed by atoms with Gasteiger partial charge in [0.1, 0.15) is 0 Å². The van der Waals surface area contributed by atoms with Gasteiger partial charge in [-0.3, -0.25) is 9.88 Å². The second-order valence-corrected chi connectivity index (χ2v) is 8.76. The molecule has 0 aliphatic carbocycles. The number of carbonyl (C=O) groups excluding carboxylic acids is 2. The van der Waals surface area contributed by atoms with Crippen molar-refractivity contribution in [1.82, 2.24) is 14.8 Å². The van der Waals surface area contributed by atoms with E-state index in [1.54, 1.807) is 12.1 Å². The van der Waals surface area contributed by atoms with E-state index in [1.807, 2.05) is 21.9 Å². The van der Waals surface area contributed by atoms with Crippen molar-refractivity contribution in [3.05, 3.63) is 53.9 Å². The zero-order valence-electron chi connectivity index (χ0n) is 19.6. The van der Waals surface area contributed by atoms with Crippen LogP contribution in [0.15, 0.2) is 42.6 Å². The molecule has 0 radical (unpaired) electrons. The zero-order chi connectivity index (χ0) is 23.2. The van der Waals surface area contributed by atoms with E-state index in [4.69, 9.17) is 4.74 Å². The number of likely N-dealkylation sites (N-methyl/N-ethyl adjacent to an activating group) is 1. The normalized spacial score (nSPS) is 17.0. The van der Waals surface area contributed by atoms with Crippen molar-refractivity contribution in [3.8, 4) is 0 Å². The zero-order valence-corrected chi connectivity index (χ0v) is 19.6. The van der Waals surface area contributed by atoms with Gasteiger partial charge in [0.2, 0.25) is 0 Å². The van der Waals surface area contributed by atoms with Crippen molar-refractivity contribution in [3.63, 3.8) is 0 Å². The number of esters is 1. The summed E-state index contributed by atoms with van der Waals surface area (Å²) >= 11 is 0. The fourth-order valence-electron chi connectivity index (χ4n) is 4.37. The highest BCUT2D eigenvalue weighted by molar-refractivity contribution is 5.92. The second-order valence-electron chi connectivity index (χ2n) is 8.76. The number of nitrogens with zero attached hydrogens (tertiary/aromatic N) is 5. The summed E-state index contributed by atoms with van der Waals surface area (Å²) in [6, 6.07) is 11.7. The maximum Gasteiger partial charge on any atom is 0.339 e. The molecule has 176 valence electrons. The highest BCUT2D eigenvalue weighted by Gasteiger charge is 2.25. The van der Waals surface area contributed by atoms with Gasteiger partial charge in [-0.25, -0.2) is 9.59 Å². The molecule has 8 nitrogen and oxygen atoms in total. The fourth-order valence-corrected chi connectivity index (χ4v) is 4.37. The summed E-state index contributed by atoms with van der Waals surface area (Å²) in [5.74, 6) is -0.421. The van der Waals surface area contributed by atoms with Gasteiger partial charge in [-0.1, -0.05) is 6.07 Å².